The smallest absolute Gasteiger partial charge is 0.336 e. The summed E-state index contributed by atoms with van der Waals surface area (Å²) in [5.74, 6) is -2.75. The van der Waals surface area contributed by atoms with Crippen LogP contribution in [-0.4, -0.2) is 66.2 Å². The number of rotatable bonds is 6. The predicted molar refractivity (Wildman–Crippen MR) is 134 cm³/mol. The molecule has 0 aliphatic heterocycles. The SMILES string of the molecule is CC(=O)[C@@]1(O)CC[C@H]2[C@@H]3C[C@H](C)C4=CC(=O)CC[C@]4(C)[C@H]3CC[C@@]21C.O=C(O)CC(O)(CC(=O)O)C(=O)O. The number of carbonyl (C=O) groups excluding carboxylic acids is 2. The molecule has 4 rings (SSSR count). The lowest BCUT2D eigenvalue weighted by molar-refractivity contribution is -0.170. The molecule has 0 aromatic heterocycles. The number of aliphatic hydroxyl groups is 2. The van der Waals surface area contributed by atoms with Gasteiger partial charge in [0.1, 0.15) is 5.60 Å². The van der Waals surface area contributed by atoms with Crippen LogP contribution in [0.2, 0.25) is 0 Å². The van der Waals surface area contributed by atoms with Gasteiger partial charge in [0.15, 0.2) is 17.2 Å². The van der Waals surface area contributed by atoms with Crippen LogP contribution >= 0.6 is 0 Å². The Balaban J connectivity index is 0.000000263. The Morgan fingerprint density at radius 1 is 0.974 bits per heavy atom. The van der Waals surface area contributed by atoms with Gasteiger partial charge in [-0.3, -0.25) is 19.2 Å². The topological polar surface area (TPSA) is 186 Å². The van der Waals surface area contributed by atoms with Crippen molar-refractivity contribution >= 4 is 29.5 Å². The average molecular weight is 537 g/mol. The highest BCUT2D eigenvalue weighted by atomic mass is 16.4. The van der Waals surface area contributed by atoms with Gasteiger partial charge < -0.3 is 25.5 Å². The Morgan fingerprint density at radius 2 is 1.53 bits per heavy atom. The second-order valence-corrected chi connectivity index (χ2v) is 12.4. The van der Waals surface area contributed by atoms with Crippen LogP contribution in [0.4, 0.5) is 0 Å². The number of hydrogen-bond acceptors (Lipinski definition) is 7. The van der Waals surface area contributed by atoms with Crippen molar-refractivity contribution < 1.29 is 49.5 Å². The van der Waals surface area contributed by atoms with Gasteiger partial charge in [0, 0.05) is 11.8 Å². The van der Waals surface area contributed by atoms with E-state index >= 15 is 0 Å². The van der Waals surface area contributed by atoms with Crippen molar-refractivity contribution in [2.45, 2.75) is 96.7 Å². The number of Topliss-reactive ketones (excluding diaryl/α,β-unsaturated/α-hetero) is 1. The minimum absolute atomic E-state index is 0.0464. The first-order chi connectivity index (χ1) is 17.4. The molecule has 0 amide bonds. The van der Waals surface area contributed by atoms with Gasteiger partial charge in [-0.1, -0.05) is 26.3 Å². The van der Waals surface area contributed by atoms with Gasteiger partial charge in [0.25, 0.3) is 0 Å². The van der Waals surface area contributed by atoms with Gasteiger partial charge in [-0.15, -0.1) is 0 Å². The second kappa shape index (κ2) is 10.2. The Bertz CT molecular complexity index is 1050. The van der Waals surface area contributed by atoms with Crippen LogP contribution in [0.15, 0.2) is 11.6 Å². The van der Waals surface area contributed by atoms with Crippen molar-refractivity contribution in [2.24, 2.45) is 34.5 Å². The molecule has 3 fully saturated rings. The molecule has 0 saturated heterocycles. The molecular weight excluding hydrogens is 496 g/mol. The van der Waals surface area contributed by atoms with Crippen LogP contribution in [0.1, 0.15) is 85.5 Å². The Morgan fingerprint density at radius 3 is 2.03 bits per heavy atom. The summed E-state index contributed by atoms with van der Waals surface area (Å²) >= 11 is 0. The van der Waals surface area contributed by atoms with Gasteiger partial charge in [0.05, 0.1) is 12.8 Å². The lowest BCUT2D eigenvalue weighted by Crippen LogP contribution is -2.57. The minimum atomic E-state index is -2.74. The molecule has 0 radical (unpaired) electrons. The molecule has 0 unspecified atom stereocenters. The first kappa shape index (κ1) is 30.0. The van der Waals surface area contributed by atoms with E-state index in [1.807, 2.05) is 6.08 Å². The van der Waals surface area contributed by atoms with Crippen molar-refractivity contribution in [3.05, 3.63) is 11.6 Å². The van der Waals surface area contributed by atoms with E-state index < -0.39 is 42.0 Å². The molecule has 38 heavy (non-hydrogen) atoms. The van der Waals surface area contributed by atoms with Gasteiger partial charge in [-0.2, -0.15) is 0 Å². The number of carboxylic acid groups (broad SMARTS) is 3. The fourth-order valence-electron chi connectivity index (χ4n) is 8.29. The minimum Gasteiger partial charge on any atom is -0.481 e. The molecule has 212 valence electrons. The van der Waals surface area contributed by atoms with Crippen LogP contribution < -0.4 is 0 Å². The van der Waals surface area contributed by atoms with Gasteiger partial charge in [-0.05, 0) is 80.6 Å². The number of carboxylic acids is 3. The zero-order valence-electron chi connectivity index (χ0n) is 22.5. The lowest BCUT2D eigenvalue weighted by Gasteiger charge is -2.60. The zero-order valence-corrected chi connectivity index (χ0v) is 22.5. The monoisotopic (exact) mass is 536 g/mol. The third-order valence-corrected chi connectivity index (χ3v) is 10.3. The molecular formula is C28H40O10. The third-order valence-electron chi connectivity index (χ3n) is 10.3. The largest absolute Gasteiger partial charge is 0.481 e. The van der Waals surface area contributed by atoms with Crippen LogP contribution in [0, 0.1) is 34.5 Å². The quantitative estimate of drug-likeness (QED) is 0.338. The van der Waals surface area contributed by atoms with E-state index in [4.69, 9.17) is 20.4 Å². The van der Waals surface area contributed by atoms with E-state index in [9.17, 15) is 29.1 Å². The van der Waals surface area contributed by atoms with Crippen LogP contribution in [0.5, 0.6) is 0 Å². The average Bonchev–Trinajstić information content (AvgIpc) is 3.06. The Kier molecular flexibility index (Phi) is 8.03. The molecule has 5 N–H and O–H groups in total. The standard InChI is InChI=1S/C22H32O3.C6H8O7/c1-13-11-16-17(20(3)8-5-15(24)12-19(13)20)6-9-21(4)18(16)7-10-22(21,25)14(2)23;7-3(8)1-6(13,5(11)12)2-4(9)10/h12-13,16-18,25H,5-11H2,1-4H3;13H,1-2H2,(H,7,8)(H,9,10)(H,11,12)/t13-,16+,17-,18-,20+,21-,22-;/m0./s1. The number of carbonyl (C=O) groups is 5. The van der Waals surface area contributed by atoms with Crippen molar-refractivity contribution in [2.75, 3.05) is 0 Å². The van der Waals surface area contributed by atoms with E-state index in [1.54, 1.807) is 6.92 Å². The van der Waals surface area contributed by atoms with E-state index in [2.05, 4.69) is 20.8 Å². The molecule has 0 aromatic rings. The van der Waals surface area contributed by atoms with Crippen molar-refractivity contribution in [1.82, 2.24) is 0 Å². The highest BCUT2D eigenvalue weighted by molar-refractivity contribution is 5.92. The van der Waals surface area contributed by atoms with E-state index in [1.165, 1.54) is 5.57 Å². The maximum Gasteiger partial charge on any atom is 0.336 e. The zero-order chi connectivity index (χ0) is 28.8. The van der Waals surface area contributed by atoms with Crippen LogP contribution in [-0.2, 0) is 24.0 Å². The highest BCUT2D eigenvalue weighted by Gasteiger charge is 2.66. The Hall–Kier alpha value is -2.59. The summed E-state index contributed by atoms with van der Waals surface area (Å²) in [7, 11) is 0. The lowest BCUT2D eigenvalue weighted by atomic mass is 9.45. The molecule has 0 aromatic carbocycles. The predicted octanol–water partition coefficient (Wildman–Crippen LogP) is 2.84. The van der Waals surface area contributed by atoms with Crippen LogP contribution in [0.3, 0.4) is 0 Å². The molecule has 10 heteroatoms. The van der Waals surface area contributed by atoms with Crippen LogP contribution in [0.25, 0.3) is 0 Å². The molecule has 4 aliphatic rings. The van der Waals surface area contributed by atoms with Gasteiger partial charge >= 0.3 is 17.9 Å². The third kappa shape index (κ3) is 4.93. The molecule has 0 heterocycles. The molecule has 0 bridgehead atoms. The highest BCUT2D eigenvalue weighted by Crippen LogP contribution is 2.68. The van der Waals surface area contributed by atoms with E-state index in [-0.39, 0.29) is 16.6 Å². The normalized spacial score (nSPS) is 37.9. The molecule has 10 nitrogen and oxygen atoms in total. The molecule has 3 saturated carbocycles. The fourth-order valence-corrected chi connectivity index (χ4v) is 8.29. The van der Waals surface area contributed by atoms with E-state index in [0.717, 1.165) is 32.1 Å². The second-order valence-electron chi connectivity index (χ2n) is 12.4. The first-order valence-corrected chi connectivity index (χ1v) is 13.3. The van der Waals surface area contributed by atoms with Gasteiger partial charge in [0.2, 0.25) is 0 Å². The van der Waals surface area contributed by atoms with Crippen molar-refractivity contribution in [3.8, 4) is 0 Å². The summed E-state index contributed by atoms with van der Waals surface area (Å²) in [4.78, 5) is 54.8. The summed E-state index contributed by atoms with van der Waals surface area (Å²) in [6.07, 6.45) is 6.02. The molecule has 0 spiro atoms. The maximum absolute atomic E-state index is 12.3. The number of allylic oxidation sites excluding steroid dienone is 1. The number of fused-ring (bicyclic) bond motifs is 5. The number of aliphatic carboxylic acids is 3. The van der Waals surface area contributed by atoms with Crippen molar-refractivity contribution in [1.29, 1.82) is 0 Å². The summed E-state index contributed by atoms with van der Waals surface area (Å²) in [6, 6.07) is 0. The maximum atomic E-state index is 12.3. The summed E-state index contributed by atoms with van der Waals surface area (Å²) in [5.41, 5.74) is -2.63. The number of ketones is 2. The first-order valence-electron chi connectivity index (χ1n) is 13.3. The molecule has 4 aliphatic carbocycles. The summed E-state index contributed by atoms with van der Waals surface area (Å²) in [5, 5.41) is 45.0. The fraction of sp³-hybridized carbons (Fsp3) is 0.750. The van der Waals surface area contributed by atoms with Crippen molar-refractivity contribution in [3.63, 3.8) is 0 Å². The summed E-state index contributed by atoms with van der Waals surface area (Å²) in [6.45, 7) is 8.40. The molecule has 7 atom stereocenters. The number of hydrogen-bond donors (Lipinski definition) is 5. The van der Waals surface area contributed by atoms with Gasteiger partial charge in [-0.25, -0.2) is 4.79 Å². The Labute approximate surface area is 222 Å². The van der Waals surface area contributed by atoms with E-state index in [0.29, 0.717) is 42.3 Å². The summed E-state index contributed by atoms with van der Waals surface area (Å²) < 4.78 is 0.